The molecule has 1 heterocycles. The summed E-state index contributed by atoms with van der Waals surface area (Å²) in [5, 5.41) is 2.82. The van der Waals surface area contributed by atoms with Crippen LogP contribution in [0.5, 0.6) is 0 Å². The van der Waals surface area contributed by atoms with Crippen molar-refractivity contribution >= 4 is 5.69 Å². The molecule has 0 amide bonds. The summed E-state index contributed by atoms with van der Waals surface area (Å²) in [6.45, 7) is 2.21. The number of anilines is 1. The predicted molar refractivity (Wildman–Crippen MR) is 43.3 cm³/mol. The highest BCUT2D eigenvalue weighted by molar-refractivity contribution is 5.58. The highest BCUT2D eigenvalue weighted by Crippen LogP contribution is 2.29. The van der Waals surface area contributed by atoms with Gasteiger partial charge in [-0.05, 0) is 25.0 Å². The van der Waals surface area contributed by atoms with Gasteiger partial charge in [-0.25, -0.2) is 8.78 Å². The summed E-state index contributed by atoms with van der Waals surface area (Å²) < 4.78 is 26.4. The van der Waals surface area contributed by atoms with Gasteiger partial charge in [-0.15, -0.1) is 0 Å². The second kappa shape index (κ2) is 2.44. The lowest BCUT2D eigenvalue weighted by Gasteiger charge is -2.04. The van der Waals surface area contributed by atoms with Gasteiger partial charge in [0.15, 0.2) is 0 Å². The number of hydrogen-bond acceptors (Lipinski definition) is 1. The maximum absolute atomic E-state index is 13.3. The minimum atomic E-state index is -0.346. The van der Waals surface area contributed by atoms with Gasteiger partial charge < -0.3 is 5.32 Å². The van der Waals surface area contributed by atoms with Gasteiger partial charge in [0.05, 0.1) is 5.69 Å². The monoisotopic (exact) mass is 169 g/mol. The Kier molecular flexibility index (Phi) is 1.53. The van der Waals surface area contributed by atoms with Crippen molar-refractivity contribution in [2.24, 2.45) is 0 Å². The topological polar surface area (TPSA) is 12.0 Å². The zero-order chi connectivity index (χ0) is 8.72. The first-order valence-corrected chi connectivity index (χ1v) is 3.91. The third kappa shape index (κ3) is 0.891. The predicted octanol–water partition coefficient (Wildman–Crippen LogP) is 2.24. The Bertz CT molecular complexity index is 334. The molecule has 1 nitrogen and oxygen atoms in total. The molecule has 0 spiro atoms. The Hall–Kier alpha value is -1.12. The normalized spacial score (nSPS) is 14.2. The number of benzene rings is 1. The smallest absolute Gasteiger partial charge is 0.147 e. The maximum atomic E-state index is 13.3. The van der Waals surface area contributed by atoms with E-state index in [4.69, 9.17) is 0 Å². The lowest BCUT2D eigenvalue weighted by molar-refractivity contribution is 0.587. The molecule has 1 aromatic rings. The highest BCUT2D eigenvalue weighted by atomic mass is 19.1. The molecule has 1 aliphatic heterocycles. The molecule has 2 rings (SSSR count). The molecule has 12 heavy (non-hydrogen) atoms. The summed E-state index contributed by atoms with van der Waals surface area (Å²) >= 11 is 0. The molecule has 1 N–H and O–H groups in total. The molecule has 3 heteroatoms. The van der Waals surface area contributed by atoms with Crippen LogP contribution in [0, 0.1) is 18.6 Å². The average molecular weight is 169 g/mol. The van der Waals surface area contributed by atoms with E-state index in [2.05, 4.69) is 5.32 Å². The van der Waals surface area contributed by atoms with E-state index in [1.807, 2.05) is 0 Å². The zero-order valence-corrected chi connectivity index (χ0v) is 6.75. The molecule has 0 saturated heterocycles. The standard InChI is InChI=1S/C9H9F2N/c1-5-4-7(10)9-6(8(5)11)2-3-12-9/h4,12H,2-3H2,1H3. The molecule has 0 fully saturated rings. The fraction of sp³-hybridized carbons (Fsp3) is 0.333. The van der Waals surface area contributed by atoms with E-state index in [0.717, 1.165) is 0 Å². The van der Waals surface area contributed by atoms with Crippen molar-refractivity contribution in [3.05, 3.63) is 28.8 Å². The van der Waals surface area contributed by atoms with Gasteiger partial charge in [-0.3, -0.25) is 0 Å². The van der Waals surface area contributed by atoms with E-state index in [1.54, 1.807) is 6.92 Å². The Morgan fingerprint density at radius 1 is 1.42 bits per heavy atom. The van der Waals surface area contributed by atoms with Gasteiger partial charge in [0.2, 0.25) is 0 Å². The number of halogens is 2. The summed E-state index contributed by atoms with van der Waals surface area (Å²) in [7, 11) is 0. The number of hydrogen-bond donors (Lipinski definition) is 1. The van der Waals surface area contributed by atoms with Gasteiger partial charge in [0, 0.05) is 12.1 Å². The summed E-state index contributed by atoms with van der Waals surface area (Å²) in [5.41, 5.74) is 1.22. The summed E-state index contributed by atoms with van der Waals surface area (Å²) in [5.74, 6) is -0.613. The van der Waals surface area contributed by atoms with Crippen LogP contribution in [-0.2, 0) is 6.42 Å². The van der Waals surface area contributed by atoms with E-state index < -0.39 is 0 Å². The highest BCUT2D eigenvalue weighted by Gasteiger charge is 2.20. The van der Waals surface area contributed by atoms with Crippen LogP contribution in [0.3, 0.4) is 0 Å². The fourth-order valence-electron chi connectivity index (χ4n) is 1.56. The number of rotatable bonds is 0. The fourth-order valence-corrected chi connectivity index (χ4v) is 1.56. The van der Waals surface area contributed by atoms with Gasteiger partial charge in [0.1, 0.15) is 11.6 Å². The van der Waals surface area contributed by atoms with E-state index in [0.29, 0.717) is 29.8 Å². The van der Waals surface area contributed by atoms with E-state index in [-0.39, 0.29) is 11.6 Å². The van der Waals surface area contributed by atoms with Crippen molar-refractivity contribution in [2.45, 2.75) is 13.3 Å². The summed E-state index contributed by atoms with van der Waals surface area (Å²) in [4.78, 5) is 0. The van der Waals surface area contributed by atoms with Crippen LogP contribution in [0.2, 0.25) is 0 Å². The van der Waals surface area contributed by atoms with Gasteiger partial charge in [-0.1, -0.05) is 0 Å². The van der Waals surface area contributed by atoms with Crippen molar-refractivity contribution in [3.63, 3.8) is 0 Å². The van der Waals surface area contributed by atoms with Gasteiger partial charge >= 0.3 is 0 Å². The molecule has 1 aliphatic rings. The molecular weight excluding hydrogens is 160 g/mol. The minimum absolute atomic E-state index is 0.267. The molecule has 0 unspecified atom stereocenters. The maximum Gasteiger partial charge on any atom is 0.147 e. The number of nitrogens with one attached hydrogen (secondary N) is 1. The first-order chi connectivity index (χ1) is 5.70. The van der Waals surface area contributed by atoms with Gasteiger partial charge in [-0.2, -0.15) is 0 Å². The van der Waals surface area contributed by atoms with Crippen LogP contribution in [0.1, 0.15) is 11.1 Å². The molecule has 0 aromatic heterocycles. The quantitative estimate of drug-likeness (QED) is 0.628. The Balaban J connectivity index is 2.69. The van der Waals surface area contributed by atoms with Crippen molar-refractivity contribution in [1.82, 2.24) is 0 Å². The molecule has 0 atom stereocenters. The third-order valence-corrected chi connectivity index (χ3v) is 2.17. The molecule has 0 bridgehead atoms. The Labute approximate surface area is 69.4 Å². The number of aryl methyl sites for hydroxylation is 1. The number of fused-ring (bicyclic) bond motifs is 1. The van der Waals surface area contributed by atoms with Crippen molar-refractivity contribution in [2.75, 3.05) is 11.9 Å². The second-order valence-corrected chi connectivity index (χ2v) is 3.02. The zero-order valence-electron chi connectivity index (χ0n) is 6.75. The molecule has 64 valence electrons. The molecule has 0 radical (unpaired) electrons. The van der Waals surface area contributed by atoms with Crippen LogP contribution in [0.15, 0.2) is 6.07 Å². The molecule has 1 aromatic carbocycles. The third-order valence-electron chi connectivity index (χ3n) is 2.17. The van der Waals surface area contributed by atoms with E-state index >= 15 is 0 Å². The van der Waals surface area contributed by atoms with Gasteiger partial charge in [0.25, 0.3) is 0 Å². The minimum Gasteiger partial charge on any atom is -0.382 e. The SMILES string of the molecule is Cc1cc(F)c2c(c1F)CCN2. The summed E-state index contributed by atoms with van der Waals surface area (Å²) in [6.07, 6.45) is 0.583. The first kappa shape index (κ1) is 7.53. The van der Waals surface area contributed by atoms with Crippen LogP contribution >= 0.6 is 0 Å². The Morgan fingerprint density at radius 3 is 2.92 bits per heavy atom. The van der Waals surface area contributed by atoms with Crippen LogP contribution < -0.4 is 5.32 Å². The van der Waals surface area contributed by atoms with Crippen LogP contribution in [-0.4, -0.2) is 6.54 Å². The lowest BCUT2D eigenvalue weighted by atomic mass is 10.1. The van der Waals surface area contributed by atoms with E-state index in [9.17, 15) is 8.78 Å². The first-order valence-electron chi connectivity index (χ1n) is 3.91. The Morgan fingerprint density at radius 2 is 2.17 bits per heavy atom. The molecule has 0 saturated carbocycles. The average Bonchev–Trinajstić information content (AvgIpc) is 2.48. The lowest BCUT2D eigenvalue weighted by Crippen LogP contribution is -1.95. The van der Waals surface area contributed by atoms with E-state index in [1.165, 1.54) is 6.07 Å². The molecule has 0 aliphatic carbocycles. The van der Waals surface area contributed by atoms with Crippen molar-refractivity contribution in [1.29, 1.82) is 0 Å². The summed E-state index contributed by atoms with van der Waals surface area (Å²) in [6, 6.07) is 1.23. The molecular formula is C9H9F2N. The van der Waals surface area contributed by atoms with Crippen molar-refractivity contribution in [3.8, 4) is 0 Å². The van der Waals surface area contributed by atoms with Crippen LogP contribution in [0.25, 0.3) is 0 Å². The largest absolute Gasteiger partial charge is 0.382 e. The van der Waals surface area contributed by atoms with Crippen molar-refractivity contribution < 1.29 is 8.78 Å². The van der Waals surface area contributed by atoms with Crippen LogP contribution in [0.4, 0.5) is 14.5 Å². The second-order valence-electron chi connectivity index (χ2n) is 3.02.